The maximum absolute atomic E-state index is 10.3. The Hall–Kier alpha value is -2.15. The van der Waals surface area contributed by atoms with Gasteiger partial charge in [0.2, 0.25) is 0 Å². The number of hydrogen-bond acceptors (Lipinski definition) is 3. The van der Waals surface area contributed by atoms with Crippen LogP contribution in [0, 0.1) is 11.3 Å². The Labute approximate surface area is 132 Å². The Morgan fingerprint density at radius 2 is 1.55 bits per heavy atom. The van der Waals surface area contributed by atoms with E-state index in [0.717, 1.165) is 12.1 Å². The Morgan fingerprint density at radius 1 is 0.955 bits per heavy atom. The summed E-state index contributed by atoms with van der Waals surface area (Å²) >= 11 is 0. The molecule has 0 aromatic heterocycles. The second kappa shape index (κ2) is 8.99. The fourth-order valence-corrected chi connectivity index (χ4v) is 2.53. The van der Waals surface area contributed by atoms with E-state index in [1.165, 1.54) is 5.56 Å². The third kappa shape index (κ3) is 5.69. The van der Waals surface area contributed by atoms with Crippen LogP contribution in [0.5, 0.6) is 0 Å². The van der Waals surface area contributed by atoms with Crippen LogP contribution in [0.25, 0.3) is 0 Å². The predicted octanol–water partition coefficient (Wildman–Crippen LogP) is 3.01. The van der Waals surface area contributed by atoms with Crippen LogP contribution < -0.4 is 0 Å². The van der Waals surface area contributed by atoms with Crippen molar-refractivity contribution in [2.24, 2.45) is 0 Å². The minimum Gasteiger partial charge on any atom is -0.391 e. The Morgan fingerprint density at radius 3 is 2.14 bits per heavy atom. The summed E-state index contributed by atoms with van der Waals surface area (Å²) in [7, 11) is 0. The highest BCUT2D eigenvalue weighted by Gasteiger charge is 2.12. The van der Waals surface area contributed by atoms with Gasteiger partial charge in [-0.2, -0.15) is 5.26 Å². The Balaban J connectivity index is 1.92. The van der Waals surface area contributed by atoms with Crippen molar-refractivity contribution in [2.75, 3.05) is 13.1 Å². The molecule has 3 nitrogen and oxygen atoms in total. The average Bonchev–Trinajstić information content (AvgIpc) is 2.54. The fourth-order valence-electron chi connectivity index (χ4n) is 2.53. The summed E-state index contributed by atoms with van der Waals surface area (Å²) in [6.07, 6.45) is 0.689. The van der Waals surface area contributed by atoms with Crippen LogP contribution in [0.4, 0.5) is 0 Å². The molecule has 0 bridgehead atoms. The first kappa shape index (κ1) is 16.2. The SMILES string of the molecule is N#CCCN(Cc1ccccc1)CC(O)Cc1ccccc1. The zero-order chi connectivity index (χ0) is 15.6. The summed E-state index contributed by atoms with van der Waals surface area (Å²) in [6.45, 7) is 2.01. The molecule has 22 heavy (non-hydrogen) atoms. The van der Waals surface area contributed by atoms with E-state index in [-0.39, 0.29) is 0 Å². The largest absolute Gasteiger partial charge is 0.391 e. The van der Waals surface area contributed by atoms with E-state index in [0.29, 0.717) is 25.9 Å². The number of nitrogens with zero attached hydrogens (tertiary/aromatic N) is 2. The van der Waals surface area contributed by atoms with Gasteiger partial charge in [-0.25, -0.2) is 0 Å². The monoisotopic (exact) mass is 294 g/mol. The molecule has 2 aromatic carbocycles. The summed E-state index contributed by atoms with van der Waals surface area (Å²) < 4.78 is 0. The summed E-state index contributed by atoms with van der Waals surface area (Å²) in [4.78, 5) is 2.14. The predicted molar refractivity (Wildman–Crippen MR) is 88.1 cm³/mol. The van der Waals surface area contributed by atoms with Crippen LogP contribution in [0.3, 0.4) is 0 Å². The Bertz CT molecular complexity index is 577. The van der Waals surface area contributed by atoms with Crippen molar-refractivity contribution in [2.45, 2.75) is 25.5 Å². The zero-order valence-electron chi connectivity index (χ0n) is 12.7. The third-order valence-corrected chi connectivity index (χ3v) is 3.57. The van der Waals surface area contributed by atoms with Gasteiger partial charge in [0.05, 0.1) is 12.2 Å². The van der Waals surface area contributed by atoms with Gasteiger partial charge in [0.1, 0.15) is 0 Å². The Kier molecular flexibility index (Phi) is 6.63. The van der Waals surface area contributed by atoms with Gasteiger partial charge in [0, 0.05) is 26.1 Å². The summed E-state index contributed by atoms with van der Waals surface area (Å²) in [5, 5.41) is 19.1. The lowest BCUT2D eigenvalue weighted by atomic mass is 10.1. The van der Waals surface area contributed by atoms with Crippen molar-refractivity contribution < 1.29 is 5.11 Å². The van der Waals surface area contributed by atoms with E-state index in [1.54, 1.807) is 0 Å². The van der Waals surface area contributed by atoms with Crippen molar-refractivity contribution in [1.82, 2.24) is 4.90 Å². The van der Waals surface area contributed by atoms with Gasteiger partial charge < -0.3 is 5.11 Å². The molecular weight excluding hydrogens is 272 g/mol. The van der Waals surface area contributed by atoms with Gasteiger partial charge in [-0.3, -0.25) is 4.90 Å². The maximum Gasteiger partial charge on any atom is 0.0707 e. The number of benzene rings is 2. The molecule has 0 saturated carbocycles. The molecule has 3 heteroatoms. The second-order valence-corrected chi connectivity index (χ2v) is 5.47. The molecule has 0 spiro atoms. The van der Waals surface area contributed by atoms with E-state index in [4.69, 9.17) is 5.26 Å². The van der Waals surface area contributed by atoms with Gasteiger partial charge in [0.25, 0.3) is 0 Å². The topological polar surface area (TPSA) is 47.3 Å². The smallest absolute Gasteiger partial charge is 0.0707 e. The van der Waals surface area contributed by atoms with Crippen molar-refractivity contribution in [3.05, 3.63) is 71.8 Å². The van der Waals surface area contributed by atoms with Crippen LogP contribution in [-0.2, 0) is 13.0 Å². The number of hydrogen-bond donors (Lipinski definition) is 1. The van der Waals surface area contributed by atoms with E-state index in [2.05, 4.69) is 23.1 Å². The molecule has 1 unspecified atom stereocenters. The molecule has 0 radical (unpaired) electrons. The number of nitriles is 1. The lowest BCUT2D eigenvalue weighted by molar-refractivity contribution is 0.110. The van der Waals surface area contributed by atoms with E-state index in [9.17, 15) is 5.11 Å². The van der Waals surface area contributed by atoms with Gasteiger partial charge in [-0.05, 0) is 17.5 Å². The zero-order valence-corrected chi connectivity index (χ0v) is 12.7. The number of aliphatic hydroxyl groups is 1. The highest BCUT2D eigenvalue weighted by atomic mass is 16.3. The molecule has 1 atom stereocenters. The van der Waals surface area contributed by atoms with Gasteiger partial charge in [0.15, 0.2) is 0 Å². The van der Waals surface area contributed by atoms with Crippen LogP contribution in [0.2, 0.25) is 0 Å². The standard InChI is InChI=1S/C19H22N2O/c20-12-7-13-21(15-18-10-5-2-6-11-18)16-19(22)14-17-8-3-1-4-9-17/h1-6,8-11,19,22H,7,13-16H2. The second-order valence-electron chi connectivity index (χ2n) is 5.47. The molecule has 2 aromatic rings. The number of aliphatic hydroxyl groups excluding tert-OH is 1. The molecule has 0 fully saturated rings. The van der Waals surface area contributed by atoms with Crippen LogP contribution in [-0.4, -0.2) is 29.2 Å². The van der Waals surface area contributed by atoms with Crippen molar-refractivity contribution >= 4 is 0 Å². The minimum absolute atomic E-state index is 0.426. The van der Waals surface area contributed by atoms with Crippen LogP contribution in [0.15, 0.2) is 60.7 Å². The molecule has 0 amide bonds. The molecule has 0 aliphatic carbocycles. The quantitative estimate of drug-likeness (QED) is 0.814. The maximum atomic E-state index is 10.3. The van der Waals surface area contributed by atoms with Gasteiger partial charge in [-0.15, -0.1) is 0 Å². The van der Waals surface area contributed by atoms with E-state index < -0.39 is 6.10 Å². The molecular formula is C19H22N2O. The van der Waals surface area contributed by atoms with E-state index >= 15 is 0 Å². The van der Waals surface area contributed by atoms with Crippen molar-refractivity contribution in [3.63, 3.8) is 0 Å². The minimum atomic E-state index is -0.426. The first-order valence-corrected chi connectivity index (χ1v) is 7.63. The lowest BCUT2D eigenvalue weighted by Gasteiger charge is -2.24. The summed E-state index contributed by atoms with van der Waals surface area (Å²) in [5.41, 5.74) is 2.34. The molecule has 2 rings (SSSR count). The van der Waals surface area contributed by atoms with Gasteiger partial charge in [-0.1, -0.05) is 60.7 Å². The number of rotatable bonds is 8. The molecule has 0 aliphatic rings. The first-order valence-electron chi connectivity index (χ1n) is 7.63. The fraction of sp³-hybridized carbons (Fsp3) is 0.316. The van der Waals surface area contributed by atoms with Crippen molar-refractivity contribution in [3.8, 4) is 6.07 Å². The highest BCUT2D eigenvalue weighted by molar-refractivity contribution is 5.16. The highest BCUT2D eigenvalue weighted by Crippen LogP contribution is 2.09. The van der Waals surface area contributed by atoms with Gasteiger partial charge >= 0.3 is 0 Å². The summed E-state index contributed by atoms with van der Waals surface area (Å²) in [6, 6.07) is 22.3. The molecule has 0 saturated heterocycles. The first-order chi connectivity index (χ1) is 10.8. The lowest BCUT2D eigenvalue weighted by Crippen LogP contribution is -2.34. The van der Waals surface area contributed by atoms with Crippen LogP contribution >= 0.6 is 0 Å². The molecule has 0 aliphatic heterocycles. The molecule has 114 valence electrons. The van der Waals surface area contributed by atoms with Crippen molar-refractivity contribution in [1.29, 1.82) is 5.26 Å². The van der Waals surface area contributed by atoms with Crippen LogP contribution in [0.1, 0.15) is 17.5 Å². The molecule has 0 heterocycles. The van der Waals surface area contributed by atoms with E-state index in [1.807, 2.05) is 48.5 Å². The third-order valence-electron chi connectivity index (χ3n) is 3.57. The molecule has 1 N–H and O–H groups in total. The normalized spacial score (nSPS) is 12.0. The summed E-state index contributed by atoms with van der Waals surface area (Å²) in [5.74, 6) is 0. The average molecular weight is 294 g/mol.